The minimum absolute atomic E-state index is 0.00481. The topological polar surface area (TPSA) is 26.3 Å². The van der Waals surface area contributed by atoms with Crippen LogP contribution in [0.2, 0.25) is 0 Å². The van der Waals surface area contributed by atoms with E-state index in [1.807, 2.05) is 48.5 Å². The van der Waals surface area contributed by atoms with Gasteiger partial charge in [-0.2, -0.15) is 0 Å². The number of hydrogen-bond acceptors (Lipinski definition) is 2. The third-order valence-electron chi connectivity index (χ3n) is 3.58. The number of Topliss-reactive ketones (excluding diaryl/α,β-unsaturated/α-hetero) is 1. The molecule has 0 amide bonds. The molecule has 1 atom stereocenters. The summed E-state index contributed by atoms with van der Waals surface area (Å²) in [5, 5.41) is 0. The van der Waals surface area contributed by atoms with Gasteiger partial charge in [0.15, 0.2) is 5.78 Å². The van der Waals surface area contributed by atoms with Crippen molar-refractivity contribution in [2.24, 2.45) is 0 Å². The van der Waals surface area contributed by atoms with Crippen molar-refractivity contribution >= 4 is 5.78 Å². The number of methoxy groups -OCH3 is 1. The second-order valence-electron chi connectivity index (χ2n) is 6.18. The van der Waals surface area contributed by atoms with Crippen molar-refractivity contribution in [2.75, 3.05) is 7.11 Å². The molecule has 2 aromatic rings. The van der Waals surface area contributed by atoms with Crippen molar-refractivity contribution in [3.05, 3.63) is 71.3 Å². The van der Waals surface area contributed by atoms with Crippen LogP contribution in [0, 0.1) is 0 Å². The van der Waals surface area contributed by atoms with Gasteiger partial charge in [0.1, 0.15) is 6.10 Å². The van der Waals surface area contributed by atoms with Gasteiger partial charge in [0, 0.05) is 12.7 Å². The highest BCUT2D eigenvalue weighted by atomic mass is 16.5. The molecule has 0 fully saturated rings. The predicted molar refractivity (Wildman–Crippen MR) is 85.7 cm³/mol. The monoisotopic (exact) mass is 282 g/mol. The molecule has 2 nitrogen and oxygen atoms in total. The molecule has 0 bridgehead atoms. The summed E-state index contributed by atoms with van der Waals surface area (Å²) in [5.74, 6) is -0.00481. The molecule has 0 aromatic heterocycles. The first kappa shape index (κ1) is 15.5. The molecule has 1 unspecified atom stereocenters. The Labute approximate surface area is 126 Å². The second-order valence-corrected chi connectivity index (χ2v) is 6.18. The van der Waals surface area contributed by atoms with Gasteiger partial charge in [0.2, 0.25) is 0 Å². The third kappa shape index (κ3) is 3.40. The average molecular weight is 282 g/mol. The number of carbonyl (C=O) groups is 1. The standard InChI is InChI=1S/C19H22O2/c1-19(2,3)16-13-9-8-12-15(16)18(21-4)17(20)14-10-6-5-7-11-14/h5-13,18H,1-4H3. The Kier molecular flexibility index (Phi) is 4.59. The zero-order chi connectivity index (χ0) is 15.5. The summed E-state index contributed by atoms with van der Waals surface area (Å²) >= 11 is 0. The molecule has 0 saturated heterocycles. The Hall–Kier alpha value is -1.93. The van der Waals surface area contributed by atoms with Crippen LogP contribution in [0.4, 0.5) is 0 Å². The van der Waals surface area contributed by atoms with E-state index in [9.17, 15) is 4.79 Å². The minimum atomic E-state index is -0.567. The van der Waals surface area contributed by atoms with Gasteiger partial charge in [0.25, 0.3) is 0 Å². The van der Waals surface area contributed by atoms with Crippen LogP contribution >= 0.6 is 0 Å². The van der Waals surface area contributed by atoms with E-state index in [2.05, 4.69) is 26.8 Å². The molecule has 2 heteroatoms. The molecule has 0 N–H and O–H groups in total. The van der Waals surface area contributed by atoms with Crippen molar-refractivity contribution in [3.63, 3.8) is 0 Å². The summed E-state index contributed by atoms with van der Waals surface area (Å²) in [6, 6.07) is 17.3. The first-order valence-corrected chi connectivity index (χ1v) is 7.16. The maximum atomic E-state index is 12.7. The molecular weight excluding hydrogens is 260 g/mol. The van der Waals surface area contributed by atoms with E-state index >= 15 is 0 Å². The van der Waals surface area contributed by atoms with Crippen molar-refractivity contribution in [1.29, 1.82) is 0 Å². The van der Waals surface area contributed by atoms with Crippen molar-refractivity contribution in [1.82, 2.24) is 0 Å². The number of ketones is 1. The van der Waals surface area contributed by atoms with Crippen molar-refractivity contribution in [3.8, 4) is 0 Å². The zero-order valence-electron chi connectivity index (χ0n) is 13.1. The second kappa shape index (κ2) is 6.23. The number of carbonyl (C=O) groups excluding carboxylic acids is 1. The predicted octanol–water partition coefficient (Wildman–Crippen LogP) is 4.55. The zero-order valence-corrected chi connectivity index (χ0v) is 13.1. The number of hydrogen-bond donors (Lipinski definition) is 0. The lowest BCUT2D eigenvalue weighted by atomic mass is 9.81. The molecule has 0 aliphatic carbocycles. The van der Waals surface area contributed by atoms with E-state index in [4.69, 9.17) is 4.74 Å². The van der Waals surface area contributed by atoms with Crippen LogP contribution in [0.15, 0.2) is 54.6 Å². The number of rotatable bonds is 4. The summed E-state index contributed by atoms with van der Waals surface area (Å²) < 4.78 is 5.54. The Bertz CT molecular complexity index is 609. The molecule has 110 valence electrons. The van der Waals surface area contributed by atoms with Gasteiger partial charge < -0.3 is 4.74 Å². The van der Waals surface area contributed by atoms with Crippen LogP contribution < -0.4 is 0 Å². The first-order valence-electron chi connectivity index (χ1n) is 7.16. The Balaban J connectivity index is 2.46. The molecule has 0 saturated carbocycles. The van der Waals surface area contributed by atoms with Crippen LogP contribution in [0.1, 0.15) is 48.4 Å². The summed E-state index contributed by atoms with van der Waals surface area (Å²) in [5.41, 5.74) is 2.72. The Morgan fingerprint density at radius 2 is 1.52 bits per heavy atom. The number of ether oxygens (including phenoxy) is 1. The maximum Gasteiger partial charge on any atom is 0.196 e. The smallest absolute Gasteiger partial charge is 0.196 e. The fourth-order valence-corrected chi connectivity index (χ4v) is 2.54. The normalized spacial score (nSPS) is 13.0. The van der Waals surface area contributed by atoms with Gasteiger partial charge in [-0.25, -0.2) is 0 Å². The first-order chi connectivity index (χ1) is 9.95. The molecule has 2 aromatic carbocycles. The SMILES string of the molecule is COC(C(=O)c1ccccc1)c1ccccc1C(C)(C)C. The summed E-state index contributed by atoms with van der Waals surface area (Å²) in [6.07, 6.45) is -0.567. The molecule has 0 spiro atoms. The van der Waals surface area contributed by atoms with Crippen LogP contribution in [0.25, 0.3) is 0 Å². The van der Waals surface area contributed by atoms with Crippen molar-refractivity contribution in [2.45, 2.75) is 32.3 Å². The van der Waals surface area contributed by atoms with Gasteiger partial charge in [-0.3, -0.25) is 4.79 Å². The van der Waals surface area contributed by atoms with Gasteiger partial charge in [-0.05, 0) is 16.5 Å². The van der Waals surface area contributed by atoms with Gasteiger partial charge >= 0.3 is 0 Å². The lowest BCUT2D eigenvalue weighted by Gasteiger charge is -2.26. The third-order valence-corrected chi connectivity index (χ3v) is 3.58. The van der Waals surface area contributed by atoms with E-state index in [1.54, 1.807) is 7.11 Å². The van der Waals surface area contributed by atoms with E-state index in [0.717, 1.165) is 11.1 Å². The van der Waals surface area contributed by atoms with E-state index in [-0.39, 0.29) is 11.2 Å². The molecule has 0 aliphatic heterocycles. The molecule has 2 rings (SSSR count). The highest BCUT2D eigenvalue weighted by Crippen LogP contribution is 2.32. The highest BCUT2D eigenvalue weighted by molar-refractivity contribution is 6.00. The minimum Gasteiger partial charge on any atom is -0.369 e. The molecule has 0 radical (unpaired) electrons. The number of benzene rings is 2. The molecule has 21 heavy (non-hydrogen) atoms. The fourth-order valence-electron chi connectivity index (χ4n) is 2.54. The van der Waals surface area contributed by atoms with E-state index < -0.39 is 6.10 Å². The summed E-state index contributed by atoms with van der Waals surface area (Å²) in [4.78, 5) is 12.7. The van der Waals surface area contributed by atoms with Gasteiger partial charge in [-0.15, -0.1) is 0 Å². The summed E-state index contributed by atoms with van der Waals surface area (Å²) in [6.45, 7) is 6.43. The van der Waals surface area contributed by atoms with Crippen LogP contribution in [-0.4, -0.2) is 12.9 Å². The van der Waals surface area contributed by atoms with E-state index in [1.165, 1.54) is 0 Å². The molecule has 0 aliphatic rings. The lowest BCUT2D eigenvalue weighted by molar-refractivity contribution is 0.0599. The lowest BCUT2D eigenvalue weighted by Crippen LogP contribution is -2.21. The van der Waals surface area contributed by atoms with Crippen molar-refractivity contribution < 1.29 is 9.53 Å². The van der Waals surface area contributed by atoms with E-state index in [0.29, 0.717) is 5.56 Å². The average Bonchev–Trinajstić information content (AvgIpc) is 2.48. The van der Waals surface area contributed by atoms with Gasteiger partial charge in [0.05, 0.1) is 0 Å². The Morgan fingerprint density at radius 3 is 2.10 bits per heavy atom. The highest BCUT2D eigenvalue weighted by Gasteiger charge is 2.27. The fraction of sp³-hybridized carbons (Fsp3) is 0.316. The summed E-state index contributed by atoms with van der Waals surface area (Å²) in [7, 11) is 1.59. The Morgan fingerprint density at radius 1 is 0.952 bits per heavy atom. The largest absolute Gasteiger partial charge is 0.369 e. The molecule has 0 heterocycles. The van der Waals surface area contributed by atoms with Crippen LogP contribution in [0.3, 0.4) is 0 Å². The maximum absolute atomic E-state index is 12.7. The quantitative estimate of drug-likeness (QED) is 0.769. The van der Waals surface area contributed by atoms with Gasteiger partial charge in [-0.1, -0.05) is 75.4 Å². The van der Waals surface area contributed by atoms with Crippen LogP contribution in [-0.2, 0) is 10.2 Å². The molecular formula is C19H22O2. The van der Waals surface area contributed by atoms with Crippen LogP contribution in [0.5, 0.6) is 0 Å².